The third kappa shape index (κ3) is 4.01. The van der Waals surface area contributed by atoms with Crippen LogP contribution in [0.25, 0.3) is 0 Å². The summed E-state index contributed by atoms with van der Waals surface area (Å²) in [7, 11) is 3.77. The summed E-state index contributed by atoms with van der Waals surface area (Å²) in [6.07, 6.45) is 6.85. The number of carbonyl (C=O) groups is 1. The summed E-state index contributed by atoms with van der Waals surface area (Å²) in [5.74, 6) is 1.22. The van der Waals surface area contributed by atoms with Crippen LogP contribution in [0.3, 0.4) is 0 Å². The Bertz CT molecular complexity index is 777. The Balaban J connectivity index is 1.47. The van der Waals surface area contributed by atoms with Gasteiger partial charge in [-0.05, 0) is 39.2 Å². The Morgan fingerprint density at radius 3 is 2.89 bits per heavy atom. The first-order valence-corrected chi connectivity index (χ1v) is 10.7. The van der Waals surface area contributed by atoms with Crippen molar-refractivity contribution in [1.29, 1.82) is 0 Å². The quantitative estimate of drug-likeness (QED) is 0.852. The Morgan fingerprint density at radius 1 is 1.21 bits per heavy atom. The lowest BCUT2D eigenvalue weighted by atomic mass is 9.85. The van der Waals surface area contributed by atoms with E-state index in [-0.39, 0.29) is 29.4 Å². The maximum atomic E-state index is 13.1. The molecule has 1 aliphatic carbocycles. The maximum Gasteiger partial charge on any atom is 0.255 e. The molecule has 0 bridgehead atoms. The van der Waals surface area contributed by atoms with Gasteiger partial charge in [0.05, 0.1) is 17.4 Å². The van der Waals surface area contributed by atoms with Crippen molar-refractivity contribution in [2.24, 2.45) is 5.92 Å². The predicted molar refractivity (Wildman–Crippen MR) is 106 cm³/mol. The number of nitrogens with one attached hydrogen (secondary N) is 1. The van der Waals surface area contributed by atoms with Crippen LogP contribution in [-0.2, 0) is 22.5 Å². The van der Waals surface area contributed by atoms with E-state index in [2.05, 4.69) is 9.88 Å². The SMILES string of the molecule is CO[C@@H]1CCC[C@@H](C(=O)N2CCC[C@H](c3nc4c(c(=O)[nH]3)CN(C)CC4)C2)C1. The minimum Gasteiger partial charge on any atom is -0.381 e. The number of likely N-dealkylation sites (N-methyl/N-ethyl adjacent to an activating group) is 1. The number of amides is 1. The third-order valence-corrected chi connectivity index (χ3v) is 6.71. The van der Waals surface area contributed by atoms with Crippen LogP contribution in [0.1, 0.15) is 61.5 Å². The molecule has 2 fully saturated rings. The van der Waals surface area contributed by atoms with E-state index in [9.17, 15) is 9.59 Å². The maximum absolute atomic E-state index is 13.1. The summed E-state index contributed by atoms with van der Waals surface area (Å²) < 4.78 is 5.50. The molecule has 3 atom stereocenters. The summed E-state index contributed by atoms with van der Waals surface area (Å²) >= 11 is 0. The minimum absolute atomic E-state index is 0.00906. The smallest absolute Gasteiger partial charge is 0.255 e. The van der Waals surface area contributed by atoms with Crippen LogP contribution in [0.2, 0.25) is 0 Å². The molecule has 154 valence electrons. The fraction of sp³-hybridized carbons (Fsp3) is 0.762. The first kappa shape index (κ1) is 19.6. The van der Waals surface area contributed by atoms with Crippen molar-refractivity contribution in [3.8, 4) is 0 Å². The molecule has 0 aromatic carbocycles. The molecule has 0 unspecified atom stereocenters. The van der Waals surface area contributed by atoms with Crippen molar-refractivity contribution >= 4 is 5.91 Å². The van der Waals surface area contributed by atoms with Crippen molar-refractivity contribution in [2.45, 2.75) is 63.5 Å². The number of ether oxygens (including phenoxy) is 1. The summed E-state index contributed by atoms with van der Waals surface area (Å²) in [6, 6.07) is 0. The molecule has 1 N–H and O–H groups in total. The van der Waals surface area contributed by atoms with Crippen molar-refractivity contribution in [2.75, 3.05) is 33.8 Å². The fourth-order valence-electron chi connectivity index (χ4n) is 5.01. The largest absolute Gasteiger partial charge is 0.381 e. The second-order valence-corrected chi connectivity index (χ2v) is 8.71. The average molecular weight is 389 g/mol. The molecule has 1 saturated carbocycles. The van der Waals surface area contributed by atoms with E-state index in [0.717, 1.165) is 75.1 Å². The highest BCUT2D eigenvalue weighted by atomic mass is 16.5. The lowest BCUT2D eigenvalue weighted by Gasteiger charge is -2.37. The van der Waals surface area contributed by atoms with Gasteiger partial charge in [-0.1, -0.05) is 6.42 Å². The molecular formula is C21H32N4O3. The summed E-state index contributed by atoms with van der Waals surface area (Å²) in [5, 5.41) is 0. The van der Waals surface area contributed by atoms with Gasteiger partial charge in [-0.2, -0.15) is 0 Å². The molecule has 1 amide bonds. The van der Waals surface area contributed by atoms with Crippen LogP contribution < -0.4 is 5.56 Å². The highest BCUT2D eigenvalue weighted by Gasteiger charge is 2.34. The summed E-state index contributed by atoms with van der Waals surface area (Å²) in [4.78, 5) is 37.7. The minimum atomic E-state index is -0.00906. The first-order valence-electron chi connectivity index (χ1n) is 10.7. The Hall–Kier alpha value is -1.73. The van der Waals surface area contributed by atoms with Gasteiger partial charge in [-0.25, -0.2) is 4.98 Å². The van der Waals surface area contributed by atoms with E-state index in [1.165, 1.54) is 0 Å². The number of rotatable bonds is 3. The topological polar surface area (TPSA) is 78.5 Å². The number of H-pyrrole nitrogens is 1. The summed E-state index contributed by atoms with van der Waals surface area (Å²) in [6.45, 7) is 3.06. The monoisotopic (exact) mass is 388 g/mol. The van der Waals surface area contributed by atoms with E-state index in [1.54, 1.807) is 7.11 Å². The second kappa shape index (κ2) is 8.33. The van der Waals surface area contributed by atoms with E-state index >= 15 is 0 Å². The van der Waals surface area contributed by atoms with E-state index in [0.29, 0.717) is 13.1 Å². The van der Waals surface area contributed by atoms with Gasteiger partial charge in [0.25, 0.3) is 5.56 Å². The second-order valence-electron chi connectivity index (χ2n) is 8.71. The van der Waals surface area contributed by atoms with Crippen LogP contribution in [-0.4, -0.2) is 65.6 Å². The van der Waals surface area contributed by atoms with Crippen molar-refractivity contribution < 1.29 is 9.53 Å². The molecule has 2 aliphatic heterocycles. The van der Waals surface area contributed by atoms with Gasteiger partial charge >= 0.3 is 0 Å². The molecule has 1 aromatic heterocycles. The number of aromatic nitrogens is 2. The number of piperidine rings is 1. The van der Waals surface area contributed by atoms with Gasteiger partial charge in [-0.3, -0.25) is 9.59 Å². The highest BCUT2D eigenvalue weighted by molar-refractivity contribution is 5.79. The normalized spacial score (nSPS) is 28.8. The van der Waals surface area contributed by atoms with Gasteiger partial charge in [0.2, 0.25) is 5.91 Å². The Kier molecular flexibility index (Phi) is 5.83. The van der Waals surface area contributed by atoms with E-state index in [4.69, 9.17) is 9.72 Å². The van der Waals surface area contributed by atoms with Gasteiger partial charge < -0.3 is 19.5 Å². The van der Waals surface area contributed by atoms with Crippen LogP contribution in [0.15, 0.2) is 4.79 Å². The number of likely N-dealkylation sites (tertiary alicyclic amines) is 1. The first-order chi connectivity index (χ1) is 13.5. The molecule has 7 nitrogen and oxygen atoms in total. The average Bonchev–Trinajstić information content (AvgIpc) is 2.73. The number of fused-ring (bicyclic) bond motifs is 1. The number of hydrogen-bond donors (Lipinski definition) is 1. The lowest BCUT2D eigenvalue weighted by molar-refractivity contribution is -0.139. The lowest BCUT2D eigenvalue weighted by Crippen LogP contribution is -2.44. The fourth-order valence-corrected chi connectivity index (χ4v) is 5.01. The summed E-state index contributed by atoms with van der Waals surface area (Å²) in [5.41, 5.74) is 1.73. The molecule has 4 rings (SSSR count). The van der Waals surface area contributed by atoms with Crippen LogP contribution in [0.4, 0.5) is 0 Å². The number of hydrogen-bond acceptors (Lipinski definition) is 5. The zero-order chi connectivity index (χ0) is 19.7. The molecule has 3 aliphatic rings. The Labute approximate surface area is 166 Å². The van der Waals surface area contributed by atoms with Crippen molar-refractivity contribution in [3.05, 3.63) is 27.4 Å². The Morgan fingerprint density at radius 2 is 2.07 bits per heavy atom. The van der Waals surface area contributed by atoms with Crippen LogP contribution in [0.5, 0.6) is 0 Å². The molecule has 28 heavy (non-hydrogen) atoms. The van der Waals surface area contributed by atoms with Gasteiger partial charge in [-0.15, -0.1) is 0 Å². The van der Waals surface area contributed by atoms with Gasteiger partial charge in [0, 0.05) is 51.5 Å². The van der Waals surface area contributed by atoms with Gasteiger partial charge in [0.15, 0.2) is 0 Å². The number of nitrogens with zero attached hydrogens (tertiary/aromatic N) is 3. The number of aromatic amines is 1. The zero-order valence-corrected chi connectivity index (χ0v) is 17.1. The number of methoxy groups -OCH3 is 1. The van der Waals surface area contributed by atoms with E-state index < -0.39 is 0 Å². The molecule has 3 heterocycles. The molecule has 0 spiro atoms. The highest BCUT2D eigenvalue weighted by Crippen LogP contribution is 2.31. The molecule has 7 heteroatoms. The number of carbonyl (C=O) groups excluding carboxylic acids is 1. The van der Waals surface area contributed by atoms with Crippen molar-refractivity contribution in [3.63, 3.8) is 0 Å². The molecule has 1 aromatic rings. The third-order valence-electron chi connectivity index (χ3n) is 6.71. The molecule has 1 saturated heterocycles. The van der Waals surface area contributed by atoms with Crippen molar-refractivity contribution in [1.82, 2.24) is 19.8 Å². The van der Waals surface area contributed by atoms with Crippen LogP contribution >= 0.6 is 0 Å². The molecular weight excluding hydrogens is 356 g/mol. The van der Waals surface area contributed by atoms with E-state index in [1.807, 2.05) is 11.9 Å². The van der Waals surface area contributed by atoms with Crippen LogP contribution in [0, 0.1) is 5.92 Å². The van der Waals surface area contributed by atoms with Gasteiger partial charge in [0.1, 0.15) is 5.82 Å². The standard InChI is InChI=1S/C21H32N4O3/c1-24-10-8-18-17(13-24)20(26)23-19(22-18)15-6-4-9-25(12-15)21(27)14-5-3-7-16(11-14)28-2/h14-16H,3-13H2,1-2H3,(H,22,23,26)/t14-,15+,16-/m1/s1. The predicted octanol–water partition coefficient (Wildman–Crippen LogP) is 1.67. The molecule has 0 radical (unpaired) electrons. The zero-order valence-electron chi connectivity index (χ0n) is 17.1.